The van der Waals surface area contributed by atoms with E-state index in [9.17, 15) is 9.90 Å². The molecule has 0 aliphatic heterocycles. The fourth-order valence-electron chi connectivity index (χ4n) is 3.34. The van der Waals surface area contributed by atoms with Gasteiger partial charge in [0.1, 0.15) is 18.2 Å². The van der Waals surface area contributed by atoms with E-state index >= 15 is 0 Å². The van der Waals surface area contributed by atoms with Gasteiger partial charge in [0, 0.05) is 18.1 Å². The van der Waals surface area contributed by atoms with Crippen LogP contribution in [-0.2, 0) is 11.2 Å². The Kier molecular flexibility index (Phi) is 6.68. The number of carbonyl (C=O) groups is 1. The van der Waals surface area contributed by atoms with Gasteiger partial charge in [-0.1, -0.05) is 97.1 Å². The topological polar surface area (TPSA) is 75.1 Å². The second kappa shape index (κ2) is 10.2. The standard InChI is InChI=1S/C27H23N3O2/c31-27(32)25(17-22-9-5-2-6-10-22)30-26-18-24(28-19-29-26)23-15-13-21(14-16-23)12-11-20-7-3-1-4-8-20/h1-16,18-19,25H,17H2,(H,31,32)(H,28,29,30). The van der Waals surface area contributed by atoms with E-state index in [4.69, 9.17) is 0 Å². The zero-order valence-electron chi connectivity index (χ0n) is 17.4. The SMILES string of the molecule is O=C(O)C(Cc1ccccc1)Nc1cc(-c2ccc(C=Cc3ccccc3)cc2)ncn1. The maximum atomic E-state index is 11.8. The highest BCUT2D eigenvalue weighted by Crippen LogP contribution is 2.21. The Hall–Kier alpha value is -4.25. The van der Waals surface area contributed by atoms with Crippen LogP contribution in [0.5, 0.6) is 0 Å². The molecule has 4 rings (SSSR count). The van der Waals surface area contributed by atoms with Gasteiger partial charge >= 0.3 is 5.97 Å². The molecule has 0 bridgehead atoms. The molecular formula is C27H23N3O2. The second-order valence-corrected chi connectivity index (χ2v) is 7.38. The van der Waals surface area contributed by atoms with Crippen molar-refractivity contribution in [3.8, 4) is 11.3 Å². The molecule has 0 aliphatic rings. The molecule has 5 nitrogen and oxygen atoms in total. The number of carboxylic acid groups (broad SMARTS) is 1. The number of hydrogen-bond acceptors (Lipinski definition) is 4. The number of nitrogens with zero attached hydrogens (tertiary/aromatic N) is 2. The molecule has 4 aromatic rings. The molecule has 5 heteroatoms. The van der Waals surface area contributed by atoms with Crippen LogP contribution >= 0.6 is 0 Å². The highest BCUT2D eigenvalue weighted by molar-refractivity contribution is 5.78. The highest BCUT2D eigenvalue weighted by Gasteiger charge is 2.18. The quantitative estimate of drug-likeness (QED) is 0.372. The molecule has 0 saturated heterocycles. The van der Waals surface area contributed by atoms with E-state index in [1.165, 1.54) is 6.33 Å². The molecule has 1 aromatic heterocycles. The normalized spacial score (nSPS) is 11.9. The number of nitrogens with one attached hydrogen (secondary N) is 1. The van der Waals surface area contributed by atoms with Crippen LogP contribution in [0.1, 0.15) is 16.7 Å². The summed E-state index contributed by atoms with van der Waals surface area (Å²) in [7, 11) is 0. The number of aliphatic carboxylic acids is 1. The molecule has 0 spiro atoms. The van der Waals surface area contributed by atoms with Gasteiger partial charge in [0.25, 0.3) is 0 Å². The number of rotatable bonds is 8. The molecule has 0 fully saturated rings. The van der Waals surface area contributed by atoms with Gasteiger partial charge in [-0.05, 0) is 16.7 Å². The number of anilines is 1. The molecule has 3 aromatic carbocycles. The summed E-state index contributed by atoms with van der Waals surface area (Å²) in [4.78, 5) is 20.3. The fourth-order valence-corrected chi connectivity index (χ4v) is 3.34. The lowest BCUT2D eigenvalue weighted by Crippen LogP contribution is -2.31. The van der Waals surface area contributed by atoms with Crippen molar-refractivity contribution in [2.45, 2.75) is 12.5 Å². The van der Waals surface area contributed by atoms with Crippen LogP contribution in [0.25, 0.3) is 23.4 Å². The summed E-state index contributed by atoms with van der Waals surface area (Å²) in [6.07, 6.45) is 5.94. The van der Waals surface area contributed by atoms with Crippen molar-refractivity contribution in [3.63, 3.8) is 0 Å². The summed E-state index contributed by atoms with van der Waals surface area (Å²) < 4.78 is 0. The summed E-state index contributed by atoms with van der Waals surface area (Å²) in [6.45, 7) is 0. The van der Waals surface area contributed by atoms with Crippen molar-refractivity contribution in [3.05, 3.63) is 114 Å². The van der Waals surface area contributed by atoms with Crippen LogP contribution in [0.3, 0.4) is 0 Å². The summed E-state index contributed by atoms with van der Waals surface area (Å²) in [6, 6.07) is 28.7. The van der Waals surface area contributed by atoms with E-state index in [2.05, 4.69) is 39.6 Å². The molecule has 1 unspecified atom stereocenters. The van der Waals surface area contributed by atoms with Crippen LogP contribution < -0.4 is 5.32 Å². The van der Waals surface area contributed by atoms with Gasteiger partial charge in [0.05, 0.1) is 5.69 Å². The average molecular weight is 422 g/mol. The van der Waals surface area contributed by atoms with Crippen LogP contribution in [0.4, 0.5) is 5.82 Å². The number of hydrogen-bond donors (Lipinski definition) is 2. The monoisotopic (exact) mass is 421 g/mol. The Bertz CT molecular complexity index is 1190. The summed E-state index contributed by atoms with van der Waals surface area (Å²) >= 11 is 0. The van der Waals surface area contributed by atoms with Gasteiger partial charge in [-0.25, -0.2) is 14.8 Å². The molecule has 0 radical (unpaired) electrons. The minimum atomic E-state index is -0.927. The van der Waals surface area contributed by atoms with Gasteiger partial charge in [0.2, 0.25) is 0 Å². The van der Waals surface area contributed by atoms with Crippen molar-refractivity contribution in [2.24, 2.45) is 0 Å². The summed E-state index contributed by atoms with van der Waals surface area (Å²) in [5, 5.41) is 12.7. The van der Waals surface area contributed by atoms with Gasteiger partial charge in [0.15, 0.2) is 0 Å². The predicted octanol–water partition coefficient (Wildman–Crippen LogP) is 5.42. The van der Waals surface area contributed by atoms with Crippen molar-refractivity contribution in [2.75, 3.05) is 5.32 Å². The molecule has 0 amide bonds. The lowest BCUT2D eigenvalue weighted by Gasteiger charge is -2.15. The van der Waals surface area contributed by atoms with Crippen LogP contribution in [0.2, 0.25) is 0 Å². The molecule has 32 heavy (non-hydrogen) atoms. The number of aromatic nitrogens is 2. The second-order valence-electron chi connectivity index (χ2n) is 7.38. The van der Waals surface area contributed by atoms with E-state index < -0.39 is 12.0 Å². The molecular weight excluding hydrogens is 398 g/mol. The molecule has 1 atom stereocenters. The molecule has 0 saturated carbocycles. The first-order valence-corrected chi connectivity index (χ1v) is 10.4. The Balaban J connectivity index is 1.47. The highest BCUT2D eigenvalue weighted by atomic mass is 16.4. The zero-order chi connectivity index (χ0) is 22.2. The van der Waals surface area contributed by atoms with E-state index in [1.807, 2.05) is 72.8 Å². The van der Waals surface area contributed by atoms with E-state index in [-0.39, 0.29) is 0 Å². The molecule has 1 heterocycles. The lowest BCUT2D eigenvalue weighted by atomic mass is 10.1. The summed E-state index contributed by atoms with van der Waals surface area (Å²) in [5.74, 6) is -0.449. The molecule has 0 aliphatic carbocycles. The largest absolute Gasteiger partial charge is 0.480 e. The minimum Gasteiger partial charge on any atom is -0.480 e. The summed E-state index contributed by atoms with van der Waals surface area (Å²) in [5.41, 5.74) is 4.83. The van der Waals surface area contributed by atoms with Crippen molar-refractivity contribution >= 4 is 23.9 Å². The minimum absolute atomic E-state index is 0.359. The Morgan fingerprint density at radius 2 is 1.47 bits per heavy atom. The first-order chi connectivity index (χ1) is 15.7. The average Bonchev–Trinajstić information content (AvgIpc) is 2.84. The van der Waals surface area contributed by atoms with Gasteiger partial charge in [-0.15, -0.1) is 0 Å². The van der Waals surface area contributed by atoms with E-state index in [0.29, 0.717) is 12.2 Å². The molecule has 2 N–H and O–H groups in total. The smallest absolute Gasteiger partial charge is 0.326 e. The molecule has 158 valence electrons. The zero-order valence-corrected chi connectivity index (χ0v) is 17.4. The third-order valence-electron chi connectivity index (χ3n) is 5.04. The van der Waals surface area contributed by atoms with E-state index in [0.717, 1.165) is 27.9 Å². The van der Waals surface area contributed by atoms with Gasteiger partial charge in [-0.2, -0.15) is 0 Å². The van der Waals surface area contributed by atoms with Crippen LogP contribution in [-0.4, -0.2) is 27.1 Å². The number of benzene rings is 3. The maximum Gasteiger partial charge on any atom is 0.326 e. The Morgan fingerprint density at radius 3 is 2.12 bits per heavy atom. The Morgan fingerprint density at radius 1 is 0.844 bits per heavy atom. The first-order valence-electron chi connectivity index (χ1n) is 10.4. The van der Waals surface area contributed by atoms with Crippen LogP contribution in [0.15, 0.2) is 97.3 Å². The predicted molar refractivity (Wildman–Crippen MR) is 128 cm³/mol. The van der Waals surface area contributed by atoms with Gasteiger partial charge in [-0.3, -0.25) is 0 Å². The van der Waals surface area contributed by atoms with E-state index in [1.54, 1.807) is 6.07 Å². The Labute approximate surface area is 187 Å². The van der Waals surface area contributed by atoms with Crippen molar-refractivity contribution in [1.29, 1.82) is 0 Å². The third-order valence-corrected chi connectivity index (χ3v) is 5.04. The fraction of sp³-hybridized carbons (Fsp3) is 0.0741. The number of carboxylic acids is 1. The van der Waals surface area contributed by atoms with Crippen molar-refractivity contribution in [1.82, 2.24) is 9.97 Å². The third kappa shape index (κ3) is 5.67. The lowest BCUT2D eigenvalue weighted by molar-refractivity contribution is -0.137. The van der Waals surface area contributed by atoms with Gasteiger partial charge < -0.3 is 10.4 Å². The van der Waals surface area contributed by atoms with Crippen molar-refractivity contribution < 1.29 is 9.90 Å². The van der Waals surface area contributed by atoms with Crippen LogP contribution in [0, 0.1) is 0 Å². The maximum absolute atomic E-state index is 11.8. The first kappa shape index (κ1) is 21.0.